The first-order valence-corrected chi connectivity index (χ1v) is 7.84. The molecule has 0 N–H and O–H groups in total. The third-order valence-electron chi connectivity index (χ3n) is 4.24. The van der Waals surface area contributed by atoms with Crippen LogP contribution in [-0.4, -0.2) is 44.8 Å². The molecule has 0 bridgehead atoms. The smallest absolute Gasteiger partial charge is 0.267 e. The highest BCUT2D eigenvalue weighted by molar-refractivity contribution is 5.82. The van der Waals surface area contributed by atoms with Gasteiger partial charge in [-0.05, 0) is 12.1 Å². The fourth-order valence-corrected chi connectivity index (χ4v) is 3.01. The van der Waals surface area contributed by atoms with Crippen molar-refractivity contribution < 1.29 is 14.3 Å². The minimum absolute atomic E-state index is 0.0631. The summed E-state index contributed by atoms with van der Waals surface area (Å²) < 4.78 is 13.5. The Morgan fingerprint density at radius 3 is 2.91 bits per heavy atom. The molecule has 1 amide bonds. The van der Waals surface area contributed by atoms with Gasteiger partial charge in [-0.25, -0.2) is 0 Å². The highest BCUT2D eigenvalue weighted by atomic mass is 16.6. The summed E-state index contributed by atoms with van der Waals surface area (Å²) in [6.45, 7) is 4.12. The number of carbonyl (C=O) groups excluding carboxylic acids is 1. The molecule has 0 aliphatic carbocycles. The van der Waals surface area contributed by atoms with Gasteiger partial charge in [0.2, 0.25) is 6.10 Å². The molecule has 1 aromatic heterocycles. The number of rotatable bonds is 2. The lowest BCUT2D eigenvalue weighted by Crippen LogP contribution is -2.49. The molecule has 1 aromatic carbocycles. The predicted octanol–water partition coefficient (Wildman–Crippen LogP) is 1.02. The van der Waals surface area contributed by atoms with Crippen molar-refractivity contribution in [1.82, 2.24) is 19.7 Å². The molecule has 2 aliphatic heterocycles. The number of aryl methyl sites for hydroxylation is 1. The van der Waals surface area contributed by atoms with E-state index in [4.69, 9.17) is 9.47 Å². The van der Waals surface area contributed by atoms with Crippen LogP contribution in [0.1, 0.15) is 18.6 Å². The number of ether oxygens (including phenoxy) is 2. The zero-order valence-electron chi connectivity index (χ0n) is 12.9. The maximum atomic E-state index is 12.7. The van der Waals surface area contributed by atoms with E-state index in [1.165, 1.54) is 0 Å². The van der Waals surface area contributed by atoms with E-state index in [-0.39, 0.29) is 12.5 Å². The lowest BCUT2D eigenvalue weighted by atomic mass is 10.2. The molecular weight excluding hydrogens is 296 g/mol. The van der Waals surface area contributed by atoms with Crippen LogP contribution < -0.4 is 9.47 Å². The fourth-order valence-electron chi connectivity index (χ4n) is 3.01. The fraction of sp³-hybridized carbons (Fsp3) is 0.438. The minimum atomic E-state index is -0.606. The molecule has 1 atom stereocenters. The van der Waals surface area contributed by atoms with Crippen molar-refractivity contribution in [3.8, 4) is 11.5 Å². The summed E-state index contributed by atoms with van der Waals surface area (Å²) in [5, 5.41) is 8.36. The topological polar surface area (TPSA) is 69.5 Å². The zero-order chi connectivity index (χ0) is 15.8. The summed E-state index contributed by atoms with van der Waals surface area (Å²) >= 11 is 0. The SMILES string of the molecule is CCc1nnc2n1CCN(C(=O)C1COc3ccccc3O1)C2. The van der Waals surface area contributed by atoms with E-state index in [0.29, 0.717) is 24.6 Å². The quantitative estimate of drug-likeness (QED) is 0.828. The van der Waals surface area contributed by atoms with Crippen molar-refractivity contribution in [2.24, 2.45) is 0 Å². The van der Waals surface area contributed by atoms with Crippen LogP contribution >= 0.6 is 0 Å². The van der Waals surface area contributed by atoms with Crippen LogP contribution in [0, 0.1) is 0 Å². The van der Waals surface area contributed by atoms with Crippen LogP contribution in [0.3, 0.4) is 0 Å². The molecule has 0 saturated carbocycles. The van der Waals surface area contributed by atoms with E-state index >= 15 is 0 Å². The van der Waals surface area contributed by atoms with Gasteiger partial charge in [-0.2, -0.15) is 0 Å². The van der Waals surface area contributed by atoms with Gasteiger partial charge in [-0.15, -0.1) is 10.2 Å². The first-order valence-electron chi connectivity index (χ1n) is 7.84. The third kappa shape index (κ3) is 2.42. The molecule has 7 nitrogen and oxygen atoms in total. The van der Waals surface area contributed by atoms with Gasteiger partial charge in [-0.1, -0.05) is 19.1 Å². The number of carbonyl (C=O) groups is 1. The molecule has 23 heavy (non-hydrogen) atoms. The van der Waals surface area contributed by atoms with Crippen molar-refractivity contribution >= 4 is 5.91 Å². The molecule has 2 aliphatic rings. The van der Waals surface area contributed by atoms with Gasteiger partial charge >= 0.3 is 0 Å². The van der Waals surface area contributed by atoms with E-state index in [1.807, 2.05) is 24.3 Å². The minimum Gasteiger partial charge on any atom is -0.485 e. The Bertz CT molecular complexity index is 743. The summed E-state index contributed by atoms with van der Waals surface area (Å²) in [4.78, 5) is 14.5. The number of benzene rings is 1. The van der Waals surface area contributed by atoms with Crippen molar-refractivity contribution in [3.63, 3.8) is 0 Å². The molecule has 1 unspecified atom stereocenters. The molecule has 4 rings (SSSR count). The molecule has 2 aromatic rings. The summed E-state index contributed by atoms with van der Waals surface area (Å²) in [5.41, 5.74) is 0. The van der Waals surface area contributed by atoms with Gasteiger partial charge in [-0.3, -0.25) is 4.79 Å². The summed E-state index contributed by atoms with van der Waals surface area (Å²) in [5.74, 6) is 3.04. The molecule has 0 spiro atoms. The number of hydrogen-bond donors (Lipinski definition) is 0. The molecule has 0 radical (unpaired) electrons. The molecule has 0 saturated heterocycles. The monoisotopic (exact) mass is 314 g/mol. The predicted molar refractivity (Wildman–Crippen MR) is 81.2 cm³/mol. The van der Waals surface area contributed by atoms with Gasteiger partial charge < -0.3 is 18.9 Å². The zero-order valence-corrected chi connectivity index (χ0v) is 12.9. The molecular formula is C16H18N4O3. The molecule has 7 heteroatoms. The largest absolute Gasteiger partial charge is 0.485 e. The van der Waals surface area contributed by atoms with E-state index in [1.54, 1.807) is 4.90 Å². The number of nitrogens with zero attached hydrogens (tertiary/aromatic N) is 4. The van der Waals surface area contributed by atoms with Gasteiger partial charge in [0.25, 0.3) is 5.91 Å². The second kappa shape index (κ2) is 5.57. The van der Waals surface area contributed by atoms with Crippen molar-refractivity contribution in [2.45, 2.75) is 32.5 Å². The van der Waals surface area contributed by atoms with Gasteiger partial charge in [0, 0.05) is 19.5 Å². The van der Waals surface area contributed by atoms with Crippen molar-refractivity contribution in [1.29, 1.82) is 0 Å². The Morgan fingerprint density at radius 1 is 1.26 bits per heavy atom. The van der Waals surface area contributed by atoms with E-state index in [2.05, 4.69) is 21.7 Å². The Kier molecular flexibility index (Phi) is 3.40. The number of amides is 1. The van der Waals surface area contributed by atoms with Gasteiger partial charge in [0.15, 0.2) is 17.3 Å². The highest BCUT2D eigenvalue weighted by Crippen LogP contribution is 2.31. The van der Waals surface area contributed by atoms with Crippen LogP contribution in [0.5, 0.6) is 11.5 Å². The summed E-state index contributed by atoms with van der Waals surface area (Å²) in [6, 6.07) is 7.40. The lowest BCUT2D eigenvalue weighted by Gasteiger charge is -2.32. The number of para-hydroxylation sites is 2. The first kappa shape index (κ1) is 14.0. The Morgan fingerprint density at radius 2 is 2.09 bits per heavy atom. The number of aromatic nitrogens is 3. The Hall–Kier alpha value is -2.57. The van der Waals surface area contributed by atoms with Crippen LogP contribution in [0.4, 0.5) is 0 Å². The third-order valence-corrected chi connectivity index (χ3v) is 4.24. The van der Waals surface area contributed by atoms with E-state index < -0.39 is 6.10 Å². The Balaban J connectivity index is 1.48. The average molecular weight is 314 g/mol. The summed E-state index contributed by atoms with van der Waals surface area (Å²) in [7, 11) is 0. The van der Waals surface area contributed by atoms with Gasteiger partial charge in [0.1, 0.15) is 12.4 Å². The molecule has 120 valence electrons. The van der Waals surface area contributed by atoms with Crippen molar-refractivity contribution in [3.05, 3.63) is 35.9 Å². The van der Waals surface area contributed by atoms with E-state index in [9.17, 15) is 4.79 Å². The van der Waals surface area contributed by atoms with Crippen LogP contribution in [0.25, 0.3) is 0 Å². The standard InChI is InChI=1S/C16H18N4O3/c1-2-14-17-18-15-9-19(7-8-20(14)15)16(21)13-10-22-11-5-3-4-6-12(11)23-13/h3-6,13H,2,7-10H2,1H3. The van der Waals surface area contributed by atoms with Crippen LogP contribution in [0.15, 0.2) is 24.3 Å². The number of fused-ring (bicyclic) bond motifs is 2. The van der Waals surface area contributed by atoms with Crippen LogP contribution in [0.2, 0.25) is 0 Å². The van der Waals surface area contributed by atoms with E-state index in [0.717, 1.165) is 24.6 Å². The second-order valence-electron chi connectivity index (χ2n) is 5.66. The van der Waals surface area contributed by atoms with Crippen molar-refractivity contribution in [2.75, 3.05) is 13.2 Å². The highest BCUT2D eigenvalue weighted by Gasteiger charge is 2.33. The molecule has 3 heterocycles. The lowest BCUT2D eigenvalue weighted by molar-refractivity contribution is -0.142. The van der Waals surface area contributed by atoms with Crippen LogP contribution in [-0.2, 0) is 24.3 Å². The maximum absolute atomic E-state index is 12.7. The maximum Gasteiger partial charge on any atom is 0.267 e. The average Bonchev–Trinajstić information content (AvgIpc) is 3.03. The normalized spacial score (nSPS) is 19.3. The summed E-state index contributed by atoms with van der Waals surface area (Å²) in [6.07, 6.45) is 0.238. The molecule has 0 fully saturated rings. The number of hydrogen-bond acceptors (Lipinski definition) is 5. The Labute approximate surface area is 133 Å². The first-order chi connectivity index (χ1) is 11.3. The second-order valence-corrected chi connectivity index (χ2v) is 5.66. The van der Waals surface area contributed by atoms with Gasteiger partial charge in [0.05, 0.1) is 6.54 Å².